The van der Waals surface area contributed by atoms with Crippen molar-refractivity contribution in [2.24, 2.45) is 0 Å². The maximum atomic E-state index is 12.6. The van der Waals surface area contributed by atoms with Gasteiger partial charge in [-0.25, -0.2) is 8.78 Å². The molecule has 0 aliphatic carbocycles. The summed E-state index contributed by atoms with van der Waals surface area (Å²) in [4.78, 5) is 3.06. The lowest BCUT2D eigenvalue weighted by atomic mass is 10.0. The highest BCUT2D eigenvalue weighted by Gasteiger charge is 2.38. The van der Waals surface area contributed by atoms with Crippen molar-refractivity contribution < 1.29 is 27.1 Å². The second kappa shape index (κ2) is 4.63. The van der Waals surface area contributed by atoms with E-state index in [9.17, 15) is 22.0 Å². The molecular formula is C9H5F5N2O. The highest BCUT2D eigenvalue weighted by atomic mass is 19.4. The Morgan fingerprint density at radius 1 is 1.41 bits per heavy atom. The smallest absolute Gasteiger partial charge is 0.392 e. The molecule has 0 bridgehead atoms. The van der Waals surface area contributed by atoms with E-state index in [0.717, 1.165) is 6.07 Å². The first-order valence-corrected chi connectivity index (χ1v) is 4.21. The molecular weight excluding hydrogens is 247 g/mol. The van der Waals surface area contributed by atoms with Gasteiger partial charge in [0, 0.05) is 11.8 Å². The third kappa shape index (κ3) is 2.50. The van der Waals surface area contributed by atoms with Gasteiger partial charge in [-0.2, -0.15) is 18.4 Å². The molecule has 17 heavy (non-hydrogen) atoms. The minimum atomic E-state index is -5.00. The molecule has 0 atom stereocenters. The van der Waals surface area contributed by atoms with E-state index in [2.05, 4.69) is 4.98 Å². The van der Waals surface area contributed by atoms with Crippen LogP contribution in [0.15, 0.2) is 6.20 Å². The number of aliphatic hydroxyl groups excluding tert-OH is 1. The summed E-state index contributed by atoms with van der Waals surface area (Å²) in [6.07, 6.45) is -7.81. The zero-order chi connectivity index (χ0) is 13.2. The summed E-state index contributed by atoms with van der Waals surface area (Å²) < 4.78 is 62.5. The number of rotatable bonds is 2. The van der Waals surface area contributed by atoms with Gasteiger partial charge in [-0.3, -0.25) is 4.98 Å². The molecule has 1 N–H and O–H groups in total. The van der Waals surface area contributed by atoms with Crippen LogP contribution in [0.4, 0.5) is 22.0 Å². The van der Waals surface area contributed by atoms with Crippen molar-refractivity contribution in [3.05, 3.63) is 28.6 Å². The Balaban J connectivity index is 3.63. The van der Waals surface area contributed by atoms with Crippen LogP contribution in [-0.4, -0.2) is 10.1 Å². The number of aliphatic hydroxyl groups is 1. The first-order valence-electron chi connectivity index (χ1n) is 4.21. The second-order valence-electron chi connectivity index (χ2n) is 2.99. The van der Waals surface area contributed by atoms with Gasteiger partial charge in [0.25, 0.3) is 6.43 Å². The predicted octanol–water partition coefficient (Wildman–Crippen LogP) is 2.40. The molecule has 0 saturated carbocycles. The number of hydrogen-bond donors (Lipinski definition) is 1. The van der Waals surface area contributed by atoms with E-state index in [4.69, 9.17) is 10.4 Å². The summed E-state index contributed by atoms with van der Waals surface area (Å²) in [6.45, 7) is -1.04. The van der Waals surface area contributed by atoms with E-state index in [1.165, 1.54) is 0 Å². The first-order chi connectivity index (χ1) is 7.82. The summed E-state index contributed by atoms with van der Waals surface area (Å²) in [5.74, 6) is 0. The van der Waals surface area contributed by atoms with Gasteiger partial charge in [-0.05, 0) is 0 Å². The van der Waals surface area contributed by atoms with Gasteiger partial charge in [-0.1, -0.05) is 0 Å². The molecule has 0 amide bonds. The number of aromatic nitrogens is 1. The Bertz CT molecular complexity index is 464. The van der Waals surface area contributed by atoms with Crippen molar-refractivity contribution >= 4 is 0 Å². The molecule has 1 aromatic heterocycles. The molecule has 92 valence electrons. The van der Waals surface area contributed by atoms with Crippen molar-refractivity contribution in [1.29, 1.82) is 5.26 Å². The van der Waals surface area contributed by atoms with Gasteiger partial charge in [0.1, 0.15) is 11.8 Å². The topological polar surface area (TPSA) is 56.9 Å². The molecule has 0 fully saturated rings. The molecule has 0 radical (unpaired) electrons. The van der Waals surface area contributed by atoms with Gasteiger partial charge >= 0.3 is 6.18 Å². The van der Waals surface area contributed by atoms with Crippen molar-refractivity contribution in [2.45, 2.75) is 19.2 Å². The third-order valence-corrected chi connectivity index (χ3v) is 1.96. The average Bonchev–Trinajstić information content (AvgIpc) is 2.25. The van der Waals surface area contributed by atoms with Gasteiger partial charge in [-0.15, -0.1) is 0 Å². The van der Waals surface area contributed by atoms with Crippen molar-refractivity contribution in [3.63, 3.8) is 0 Å². The number of nitriles is 1. The standard InChI is InChI=1S/C9H5F5N2O/c10-8(11)7-5(1-15)6(9(12,13)14)4(3-17)2-16-7/h2,8,17H,3H2. The quantitative estimate of drug-likeness (QED) is 0.822. The monoisotopic (exact) mass is 252 g/mol. The van der Waals surface area contributed by atoms with Crippen molar-refractivity contribution in [2.75, 3.05) is 0 Å². The molecule has 0 unspecified atom stereocenters. The fourth-order valence-electron chi connectivity index (χ4n) is 1.29. The number of alkyl halides is 5. The molecule has 0 aromatic carbocycles. The predicted molar refractivity (Wildman–Crippen MR) is 44.8 cm³/mol. The first kappa shape index (κ1) is 13.3. The van der Waals surface area contributed by atoms with E-state index in [1.807, 2.05) is 0 Å². The average molecular weight is 252 g/mol. The van der Waals surface area contributed by atoms with E-state index in [-0.39, 0.29) is 0 Å². The molecule has 0 saturated heterocycles. The summed E-state index contributed by atoms with van der Waals surface area (Å²) in [7, 11) is 0. The van der Waals surface area contributed by atoms with Crippen LogP contribution < -0.4 is 0 Å². The fourth-order valence-corrected chi connectivity index (χ4v) is 1.29. The Kier molecular flexibility index (Phi) is 3.63. The van der Waals surface area contributed by atoms with E-state index in [0.29, 0.717) is 6.20 Å². The normalized spacial score (nSPS) is 11.6. The number of halogens is 5. The lowest BCUT2D eigenvalue weighted by Crippen LogP contribution is -2.15. The largest absolute Gasteiger partial charge is 0.418 e. The van der Waals surface area contributed by atoms with Crippen LogP contribution in [0.3, 0.4) is 0 Å². The SMILES string of the molecule is N#Cc1c(C(F)F)ncc(CO)c1C(F)(F)F. The van der Waals surface area contributed by atoms with Crippen molar-refractivity contribution in [3.8, 4) is 6.07 Å². The minimum Gasteiger partial charge on any atom is -0.392 e. The molecule has 0 spiro atoms. The molecule has 1 heterocycles. The molecule has 0 aliphatic heterocycles. The lowest BCUT2D eigenvalue weighted by Gasteiger charge is -2.14. The second-order valence-corrected chi connectivity index (χ2v) is 2.99. The number of hydrogen-bond acceptors (Lipinski definition) is 3. The highest BCUT2D eigenvalue weighted by Crippen LogP contribution is 2.37. The molecule has 8 heteroatoms. The van der Waals surface area contributed by atoms with Crippen LogP contribution in [0.5, 0.6) is 0 Å². The van der Waals surface area contributed by atoms with Gasteiger partial charge in [0.2, 0.25) is 0 Å². The summed E-state index contributed by atoms with van der Waals surface area (Å²) in [6, 6.07) is 1.05. The number of pyridine rings is 1. The summed E-state index contributed by atoms with van der Waals surface area (Å²) in [5, 5.41) is 17.2. The van der Waals surface area contributed by atoms with Crippen LogP contribution in [0.2, 0.25) is 0 Å². The van der Waals surface area contributed by atoms with E-state index >= 15 is 0 Å². The third-order valence-electron chi connectivity index (χ3n) is 1.96. The minimum absolute atomic E-state index is 0.491. The Morgan fingerprint density at radius 2 is 2.00 bits per heavy atom. The Hall–Kier alpha value is -1.75. The van der Waals surface area contributed by atoms with Crippen LogP contribution in [0.1, 0.15) is 28.8 Å². The Morgan fingerprint density at radius 3 is 2.35 bits per heavy atom. The lowest BCUT2D eigenvalue weighted by molar-refractivity contribution is -0.139. The molecule has 1 aromatic rings. The molecule has 0 aliphatic rings. The van der Waals surface area contributed by atoms with Crippen LogP contribution in [-0.2, 0) is 12.8 Å². The number of nitrogens with zero attached hydrogens (tertiary/aromatic N) is 2. The highest BCUT2D eigenvalue weighted by molar-refractivity contribution is 5.47. The van der Waals surface area contributed by atoms with Gasteiger partial charge in [0.15, 0.2) is 0 Å². The van der Waals surface area contributed by atoms with Crippen LogP contribution >= 0.6 is 0 Å². The summed E-state index contributed by atoms with van der Waals surface area (Å²) >= 11 is 0. The van der Waals surface area contributed by atoms with Gasteiger partial charge < -0.3 is 5.11 Å². The molecule has 3 nitrogen and oxygen atoms in total. The summed E-state index contributed by atoms with van der Waals surface area (Å²) in [5.41, 5.74) is -4.76. The van der Waals surface area contributed by atoms with Crippen molar-refractivity contribution in [1.82, 2.24) is 4.98 Å². The van der Waals surface area contributed by atoms with Crippen LogP contribution in [0.25, 0.3) is 0 Å². The zero-order valence-corrected chi connectivity index (χ0v) is 8.09. The van der Waals surface area contributed by atoms with E-state index < -0.39 is 41.6 Å². The molecule has 1 rings (SSSR count). The Labute approximate surface area is 92.1 Å². The van der Waals surface area contributed by atoms with Gasteiger partial charge in [0.05, 0.1) is 17.7 Å². The van der Waals surface area contributed by atoms with E-state index in [1.54, 1.807) is 0 Å². The maximum absolute atomic E-state index is 12.6. The maximum Gasteiger partial charge on any atom is 0.418 e. The fraction of sp³-hybridized carbons (Fsp3) is 0.333. The zero-order valence-electron chi connectivity index (χ0n) is 8.09. The van der Waals surface area contributed by atoms with Crippen LogP contribution in [0, 0.1) is 11.3 Å².